The molecular weight excluding hydrogens is 368 g/mol. The largest absolute Gasteiger partial charge is 0.443 e. The van der Waals surface area contributed by atoms with E-state index in [-0.39, 0.29) is 34.6 Å². The Morgan fingerprint density at radius 2 is 2.00 bits per heavy atom. The van der Waals surface area contributed by atoms with Gasteiger partial charge in [-0.1, -0.05) is 0 Å². The normalized spacial score (nSPS) is 15.9. The van der Waals surface area contributed by atoms with Gasteiger partial charge in [-0.3, -0.25) is 15.0 Å². The zero-order chi connectivity index (χ0) is 18.0. The Bertz CT molecular complexity index is 877. The number of morpholine rings is 1. The molecule has 0 N–H and O–H groups in total. The van der Waals surface area contributed by atoms with Crippen LogP contribution in [0.3, 0.4) is 0 Å². The fourth-order valence-corrected chi connectivity index (χ4v) is 2.60. The first kappa shape index (κ1) is 19.8. The predicted octanol–water partition coefficient (Wildman–Crippen LogP) is 1.96. The van der Waals surface area contributed by atoms with Gasteiger partial charge >= 0.3 is 11.6 Å². The molecule has 1 aliphatic rings. The summed E-state index contributed by atoms with van der Waals surface area (Å²) in [5.41, 5.74) is -1.15. The molecule has 0 radical (unpaired) electrons. The maximum absolute atomic E-state index is 12.3. The van der Waals surface area contributed by atoms with Gasteiger partial charge in [0.15, 0.2) is 6.23 Å². The van der Waals surface area contributed by atoms with Crippen molar-refractivity contribution in [2.75, 3.05) is 26.3 Å². The molecule has 9 nitrogen and oxygen atoms in total. The van der Waals surface area contributed by atoms with E-state index in [1.165, 1.54) is 24.3 Å². The Morgan fingerprint density at radius 1 is 1.31 bits per heavy atom. The van der Waals surface area contributed by atoms with Crippen LogP contribution in [0.4, 0.5) is 5.69 Å². The van der Waals surface area contributed by atoms with Gasteiger partial charge in [0.25, 0.3) is 5.69 Å². The zero-order valence-electron chi connectivity index (χ0n) is 13.9. The number of rotatable bonds is 4. The molecular formula is C16H17ClN2O7. The molecule has 3 rings (SSSR count). The SMILES string of the molecule is CC(OC(=O)c1cc2cc([N+](=O)[O-])ccc2oc1=O)N1CCOCC1.Cl. The lowest BCUT2D eigenvalue weighted by atomic mass is 10.1. The Kier molecular flexibility index (Phi) is 6.30. The van der Waals surface area contributed by atoms with E-state index in [9.17, 15) is 19.7 Å². The molecule has 1 aromatic carbocycles. The van der Waals surface area contributed by atoms with Crippen LogP contribution in [-0.2, 0) is 9.47 Å². The van der Waals surface area contributed by atoms with Gasteiger partial charge in [0, 0.05) is 30.6 Å². The third kappa shape index (κ3) is 4.18. The average molecular weight is 385 g/mol. The van der Waals surface area contributed by atoms with E-state index in [0.717, 1.165) is 0 Å². The predicted molar refractivity (Wildman–Crippen MR) is 93.7 cm³/mol. The van der Waals surface area contributed by atoms with Crippen molar-refractivity contribution in [3.05, 3.63) is 50.4 Å². The van der Waals surface area contributed by atoms with Crippen LogP contribution in [-0.4, -0.2) is 48.3 Å². The summed E-state index contributed by atoms with van der Waals surface area (Å²) in [4.78, 5) is 36.5. The van der Waals surface area contributed by atoms with Crippen LogP contribution in [0.1, 0.15) is 17.3 Å². The molecule has 2 heterocycles. The highest BCUT2D eigenvalue weighted by Crippen LogP contribution is 2.21. The van der Waals surface area contributed by atoms with Crippen LogP contribution in [0, 0.1) is 10.1 Å². The number of fused-ring (bicyclic) bond motifs is 1. The second-order valence-corrected chi connectivity index (χ2v) is 5.58. The van der Waals surface area contributed by atoms with E-state index in [1.807, 2.05) is 4.90 Å². The first-order valence-corrected chi connectivity index (χ1v) is 7.71. The van der Waals surface area contributed by atoms with Gasteiger partial charge in [-0.15, -0.1) is 12.4 Å². The third-order valence-electron chi connectivity index (χ3n) is 3.98. The number of carbonyl (C=O) groups excluding carboxylic acids is 1. The Hall–Kier alpha value is -2.49. The number of nitrogens with zero attached hydrogens (tertiary/aromatic N) is 2. The number of esters is 1. The van der Waals surface area contributed by atoms with Gasteiger partial charge in [-0.2, -0.15) is 0 Å². The quantitative estimate of drug-likeness (QED) is 0.340. The fraction of sp³-hybridized carbons (Fsp3) is 0.375. The lowest BCUT2D eigenvalue weighted by Gasteiger charge is -2.31. The summed E-state index contributed by atoms with van der Waals surface area (Å²) in [5.74, 6) is -0.832. The standard InChI is InChI=1S/C16H16N2O7.ClH/c1-10(17-4-6-23-7-5-17)24-15(19)13-9-11-8-12(18(21)22)2-3-14(11)25-16(13)20;/h2-3,8-10H,4-7H2,1H3;1H. The number of ether oxygens (including phenoxy) is 2. The highest BCUT2D eigenvalue weighted by atomic mass is 35.5. The minimum absolute atomic E-state index is 0. The second kappa shape index (κ2) is 8.26. The van der Waals surface area contributed by atoms with Crippen LogP contribution < -0.4 is 5.63 Å². The minimum Gasteiger partial charge on any atom is -0.443 e. The molecule has 140 valence electrons. The number of hydrogen-bond donors (Lipinski definition) is 0. The molecule has 0 aliphatic carbocycles. The first-order valence-electron chi connectivity index (χ1n) is 7.71. The topological polar surface area (TPSA) is 112 Å². The molecule has 1 unspecified atom stereocenters. The summed E-state index contributed by atoms with van der Waals surface area (Å²) >= 11 is 0. The van der Waals surface area contributed by atoms with Crippen LogP contribution in [0.5, 0.6) is 0 Å². The number of carbonyl (C=O) groups is 1. The molecule has 0 amide bonds. The fourth-order valence-electron chi connectivity index (χ4n) is 2.60. The van der Waals surface area contributed by atoms with Gasteiger partial charge in [0.05, 0.1) is 18.1 Å². The average Bonchev–Trinajstić information content (AvgIpc) is 2.61. The second-order valence-electron chi connectivity index (χ2n) is 5.58. The van der Waals surface area contributed by atoms with Crippen molar-refractivity contribution in [2.45, 2.75) is 13.2 Å². The van der Waals surface area contributed by atoms with Crippen LogP contribution >= 0.6 is 12.4 Å². The molecule has 1 aliphatic heterocycles. The summed E-state index contributed by atoms with van der Waals surface area (Å²) in [6.07, 6.45) is -0.531. The smallest absolute Gasteiger partial charge is 0.351 e. The van der Waals surface area contributed by atoms with Crippen LogP contribution in [0.15, 0.2) is 33.5 Å². The van der Waals surface area contributed by atoms with Crippen molar-refractivity contribution in [1.29, 1.82) is 0 Å². The van der Waals surface area contributed by atoms with E-state index >= 15 is 0 Å². The zero-order valence-corrected chi connectivity index (χ0v) is 14.7. The molecule has 26 heavy (non-hydrogen) atoms. The highest BCUT2D eigenvalue weighted by Gasteiger charge is 2.23. The van der Waals surface area contributed by atoms with E-state index in [2.05, 4.69) is 0 Å². The van der Waals surface area contributed by atoms with E-state index in [4.69, 9.17) is 13.9 Å². The molecule has 2 aromatic rings. The molecule has 1 fully saturated rings. The van der Waals surface area contributed by atoms with Crippen LogP contribution in [0.25, 0.3) is 11.0 Å². The summed E-state index contributed by atoms with van der Waals surface area (Å²) in [6.45, 7) is 4.03. The summed E-state index contributed by atoms with van der Waals surface area (Å²) in [6, 6.07) is 5.03. The van der Waals surface area contributed by atoms with E-state index in [1.54, 1.807) is 6.92 Å². The third-order valence-corrected chi connectivity index (χ3v) is 3.98. The number of hydrogen-bond acceptors (Lipinski definition) is 8. The first-order chi connectivity index (χ1) is 12.0. The Labute approximate surface area is 154 Å². The highest BCUT2D eigenvalue weighted by molar-refractivity contribution is 5.93. The number of nitro benzene ring substituents is 1. The summed E-state index contributed by atoms with van der Waals surface area (Å²) < 4.78 is 15.6. The lowest BCUT2D eigenvalue weighted by molar-refractivity contribution is -0.384. The monoisotopic (exact) mass is 384 g/mol. The maximum atomic E-state index is 12.3. The van der Waals surface area contributed by atoms with Gasteiger partial charge in [-0.05, 0) is 19.1 Å². The van der Waals surface area contributed by atoms with Crippen molar-refractivity contribution in [3.63, 3.8) is 0 Å². The van der Waals surface area contributed by atoms with Gasteiger partial charge in [-0.25, -0.2) is 9.59 Å². The van der Waals surface area contributed by atoms with Crippen molar-refractivity contribution in [3.8, 4) is 0 Å². The Morgan fingerprint density at radius 3 is 2.65 bits per heavy atom. The number of non-ortho nitro benzene ring substituents is 1. The Balaban J connectivity index is 0.00000243. The van der Waals surface area contributed by atoms with Crippen molar-refractivity contribution in [2.24, 2.45) is 0 Å². The molecule has 1 atom stereocenters. The van der Waals surface area contributed by atoms with Gasteiger partial charge in [0.2, 0.25) is 0 Å². The van der Waals surface area contributed by atoms with Gasteiger partial charge in [0.1, 0.15) is 11.1 Å². The number of nitro groups is 1. The minimum atomic E-state index is -0.847. The van der Waals surface area contributed by atoms with E-state index < -0.39 is 22.7 Å². The van der Waals surface area contributed by atoms with Crippen LogP contribution in [0.2, 0.25) is 0 Å². The van der Waals surface area contributed by atoms with Gasteiger partial charge < -0.3 is 13.9 Å². The van der Waals surface area contributed by atoms with E-state index in [0.29, 0.717) is 26.3 Å². The van der Waals surface area contributed by atoms with Crippen molar-refractivity contribution < 1.29 is 23.6 Å². The molecule has 1 aromatic heterocycles. The maximum Gasteiger partial charge on any atom is 0.351 e. The van der Waals surface area contributed by atoms with Crippen molar-refractivity contribution >= 4 is 35.0 Å². The number of benzene rings is 1. The molecule has 1 saturated heterocycles. The molecule has 0 saturated carbocycles. The molecule has 0 spiro atoms. The molecule has 10 heteroatoms. The summed E-state index contributed by atoms with van der Waals surface area (Å²) in [5, 5.41) is 11.1. The lowest BCUT2D eigenvalue weighted by Crippen LogP contribution is -2.44. The number of halogens is 1. The summed E-state index contributed by atoms with van der Waals surface area (Å²) in [7, 11) is 0. The molecule has 0 bridgehead atoms. The van der Waals surface area contributed by atoms with Crippen molar-refractivity contribution in [1.82, 2.24) is 4.90 Å².